The lowest BCUT2D eigenvalue weighted by atomic mass is 9.94. The molecule has 17 heavy (non-hydrogen) atoms. The van der Waals surface area contributed by atoms with Gasteiger partial charge < -0.3 is 10.8 Å². The van der Waals surface area contributed by atoms with Crippen molar-refractivity contribution in [3.05, 3.63) is 28.0 Å². The number of hydrogen-bond acceptors (Lipinski definition) is 3. The number of hydrogen-bond donors (Lipinski definition) is 2. The number of rotatable bonds is 4. The summed E-state index contributed by atoms with van der Waals surface area (Å²) in [5.41, 5.74) is 7.14. The molecule has 0 radical (unpaired) electrons. The fourth-order valence-electron chi connectivity index (χ4n) is 1.70. The molecule has 0 aliphatic heterocycles. The van der Waals surface area contributed by atoms with Crippen LogP contribution in [0, 0.1) is 5.92 Å². The summed E-state index contributed by atoms with van der Waals surface area (Å²) in [5, 5.41) is 9.66. The minimum Gasteiger partial charge on any atom is -0.478 e. The van der Waals surface area contributed by atoms with Crippen molar-refractivity contribution in [3.63, 3.8) is 0 Å². The van der Waals surface area contributed by atoms with Gasteiger partial charge in [-0.2, -0.15) is 0 Å². The van der Waals surface area contributed by atoms with Crippen LogP contribution in [-0.4, -0.2) is 16.1 Å². The van der Waals surface area contributed by atoms with E-state index >= 15 is 0 Å². The van der Waals surface area contributed by atoms with E-state index < -0.39 is 12.0 Å². The van der Waals surface area contributed by atoms with Gasteiger partial charge in [-0.15, -0.1) is 0 Å². The first-order chi connectivity index (χ1) is 7.90. The minimum absolute atomic E-state index is 0.117. The molecule has 4 nitrogen and oxygen atoms in total. The van der Waals surface area contributed by atoms with E-state index in [4.69, 9.17) is 17.3 Å². The lowest BCUT2D eigenvalue weighted by molar-refractivity contribution is 0.0693. The number of nitrogens with two attached hydrogens (primary N) is 1. The van der Waals surface area contributed by atoms with Gasteiger partial charge in [0.2, 0.25) is 0 Å². The highest BCUT2D eigenvalue weighted by molar-refractivity contribution is 6.31. The Morgan fingerprint density at radius 3 is 2.59 bits per heavy atom. The normalized spacial score (nSPS) is 12.8. The molecular formula is C12H17ClN2O2. The third-order valence-corrected chi connectivity index (χ3v) is 3.09. The summed E-state index contributed by atoms with van der Waals surface area (Å²) < 4.78 is 0. The summed E-state index contributed by atoms with van der Waals surface area (Å²) in [4.78, 5) is 15.4. The molecule has 5 heteroatoms. The molecule has 0 aliphatic rings. The Balaban J connectivity index is 3.45. The van der Waals surface area contributed by atoms with Crippen molar-refractivity contribution in [2.75, 3.05) is 0 Å². The average molecular weight is 257 g/mol. The van der Waals surface area contributed by atoms with Gasteiger partial charge in [0.15, 0.2) is 0 Å². The molecule has 0 amide bonds. The molecule has 1 rings (SSSR count). The molecule has 1 atom stereocenters. The summed E-state index contributed by atoms with van der Waals surface area (Å²) >= 11 is 5.96. The lowest BCUT2D eigenvalue weighted by Crippen LogP contribution is -2.23. The number of carboxylic acid groups (broad SMARTS) is 1. The Hall–Kier alpha value is -1.13. The van der Waals surface area contributed by atoms with Crippen LogP contribution >= 0.6 is 11.6 Å². The van der Waals surface area contributed by atoms with Crippen LogP contribution in [0.3, 0.4) is 0 Å². The molecule has 3 N–H and O–H groups in total. The Bertz CT molecular complexity index is 433. The molecule has 1 aromatic heterocycles. The molecule has 1 aromatic rings. The van der Waals surface area contributed by atoms with Crippen LogP contribution in [0.2, 0.25) is 5.02 Å². The fourth-order valence-corrected chi connectivity index (χ4v) is 1.97. The van der Waals surface area contributed by atoms with Crippen LogP contribution < -0.4 is 5.73 Å². The highest BCUT2D eigenvalue weighted by atomic mass is 35.5. The quantitative estimate of drug-likeness (QED) is 0.868. The standard InChI is InChI=1S/C12H17ClN2O2/c1-4-7-8(13)5-15-11(9(7)12(16)17)10(14)6(2)3/h5-6,10H,4,14H2,1-3H3,(H,16,17). The van der Waals surface area contributed by atoms with Crippen LogP contribution in [0.15, 0.2) is 6.20 Å². The molecule has 0 saturated heterocycles. The smallest absolute Gasteiger partial charge is 0.337 e. The molecule has 94 valence electrons. The largest absolute Gasteiger partial charge is 0.478 e. The van der Waals surface area contributed by atoms with Crippen molar-refractivity contribution in [1.29, 1.82) is 0 Å². The van der Waals surface area contributed by atoms with E-state index in [-0.39, 0.29) is 11.5 Å². The van der Waals surface area contributed by atoms with E-state index in [9.17, 15) is 9.90 Å². The van der Waals surface area contributed by atoms with E-state index in [0.29, 0.717) is 22.7 Å². The van der Waals surface area contributed by atoms with Crippen LogP contribution in [0.1, 0.15) is 48.4 Å². The van der Waals surface area contributed by atoms with Crippen LogP contribution in [0.4, 0.5) is 0 Å². The maximum absolute atomic E-state index is 11.3. The third kappa shape index (κ3) is 2.76. The van der Waals surface area contributed by atoms with Gasteiger partial charge in [0, 0.05) is 6.20 Å². The van der Waals surface area contributed by atoms with E-state index in [1.807, 2.05) is 20.8 Å². The highest BCUT2D eigenvalue weighted by Gasteiger charge is 2.24. The maximum atomic E-state index is 11.3. The van der Waals surface area contributed by atoms with Crippen molar-refractivity contribution in [3.8, 4) is 0 Å². The monoisotopic (exact) mass is 256 g/mol. The lowest BCUT2D eigenvalue weighted by Gasteiger charge is -2.19. The second-order valence-electron chi connectivity index (χ2n) is 4.27. The van der Waals surface area contributed by atoms with Crippen molar-refractivity contribution < 1.29 is 9.90 Å². The highest BCUT2D eigenvalue weighted by Crippen LogP contribution is 2.28. The van der Waals surface area contributed by atoms with Gasteiger partial charge in [0.1, 0.15) is 0 Å². The van der Waals surface area contributed by atoms with E-state index in [0.717, 1.165) is 0 Å². The number of halogens is 1. The van der Waals surface area contributed by atoms with Crippen LogP contribution in [0.25, 0.3) is 0 Å². The first kappa shape index (κ1) is 13.9. The summed E-state index contributed by atoms with van der Waals surface area (Å²) in [6.45, 7) is 5.72. The number of aromatic carboxylic acids is 1. The maximum Gasteiger partial charge on any atom is 0.337 e. The first-order valence-electron chi connectivity index (χ1n) is 5.56. The Kier molecular flexibility index (Phi) is 4.48. The zero-order valence-electron chi connectivity index (χ0n) is 10.2. The van der Waals surface area contributed by atoms with Gasteiger partial charge in [0.05, 0.1) is 22.3 Å². The van der Waals surface area contributed by atoms with Crippen LogP contribution in [-0.2, 0) is 6.42 Å². The molecule has 0 spiro atoms. The zero-order valence-corrected chi connectivity index (χ0v) is 11.0. The first-order valence-corrected chi connectivity index (χ1v) is 5.94. The van der Waals surface area contributed by atoms with Crippen LogP contribution in [0.5, 0.6) is 0 Å². The predicted octanol–water partition coefficient (Wildman–Crippen LogP) is 2.65. The van der Waals surface area contributed by atoms with Gasteiger partial charge in [0.25, 0.3) is 0 Å². The minimum atomic E-state index is -1.03. The molecule has 0 aliphatic carbocycles. The van der Waals surface area contributed by atoms with Gasteiger partial charge in [-0.3, -0.25) is 4.98 Å². The second-order valence-corrected chi connectivity index (χ2v) is 4.68. The van der Waals surface area contributed by atoms with Gasteiger partial charge in [-0.25, -0.2) is 4.79 Å². The van der Waals surface area contributed by atoms with Gasteiger partial charge >= 0.3 is 5.97 Å². The number of carbonyl (C=O) groups is 1. The molecule has 0 saturated carbocycles. The Morgan fingerprint density at radius 2 is 2.18 bits per heavy atom. The molecule has 1 unspecified atom stereocenters. The summed E-state index contributed by atoms with van der Waals surface area (Å²) in [6.07, 6.45) is 2.02. The Labute approximate surface area is 106 Å². The fraction of sp³-hybridized carbons (Fsp3) is 0.500. The number of nitrogens with zero attached hydrogens (tertiary/aromatic N) is 1. The molecule has 1 heterocycles. The van der Waals surface area contributed by atoms with Crippen molar-refractivity contribution in [1.82, 2.24) is 4.98 Å². The second kappa shape index (κ2) is 5.47. The van der Waals surface area contributed by atoms with Crippen molar-refractivity contribution >= 4 is 17.6 Å². The zero-order chi connectivity index (χ0) is 13.2. The predicted molar refractivity (Wildman–Crippen MR) is 67.4 cm³/mol. The molecular weight excluding hydrogens is 240 g/mol. The number of aromatic nitrogens is 1. The molecule has 0 fully saturated rings. The summed E-state index contributed by atoms with van der Waals surface area (Å²) in [7, 11) is 0. The van der Waals surface area contributed by atoms with Crippen molar-refractivity contribution in [2.24, 2.45) is 11.7 Å². The van der Waals surface area contributed by atoms with Gasteiger partial charge in [-0.05, 0) is 17.9 Å². The third-order valence-electron chi connectivity index (χ3n) is 2.76. The van der Waals surface area contributed by atoms with Gasteiger partial charge in [-0.1, -0.05) is 32.4 Å². The number of pyridine rings is 1. The molecule has 0 aromatic carbocycles. The summed E-state index contributed by atoms with van der Waals surface area (Å²) in [6, 6.07) is -0.399. The number of carboxylic acids is 1. The van der Waals surface area contributed by atoms with E-state index in [1.165, 1.54) is 6.20 Å². The van der Waals surface area contributed by atoms with E-state index in [2.05, 4.69) is 4.98 Å². The van der Waals surface area contributed by atoms with E-state index in [1.54, 1.807) is 0 Å². The SMILES string of the molecule is CCc1c(Cl)cnc(C(N)C(C)C)c1C(=O)O. The topological polar surface area (TPSA) is 76.2 Å². The van der Waals surface area contributed by atoms with Crippen molar-refractivity contribution in [2.45, 2.75) is 33.2 Å². The average Bonchev–Trinajstić information content (AvgIpc) is 2.27. The molecule has 0 bridgehead atoms. The summed E-state index contributed by atoms with van der Waals surface area (Å²) in [5.74, 6) is -0.908. The Morgan fingerprint density at radius 1 is 1.59 bits per heavy atom.